The van der Waals surface area contributed by atoms with Gasteiger partial charge in [-0.2, -0.15) is 0 Å². The van der Waals surface area contributed by atoms with Crippen molar-refractivity contribution in [2.75, 3.05) is 20.3 Å². The van der Waals surface area contributed by atoms with Crippen molar-refractivity contribution in [3.05, 3.63) is 35.1 Å². The van der Waals surface area contributed by atoms with Crippen molar-refractivity contribution < 1.29 is 13.9 Å². The second kappa shape index (κ2) is 7.83. The van der Waals surface area contributed by atoms with E-state index in [9.17, 15) is 4.39 Å². The molecule has 4 heteroatoms. The van der Waals surface area contributed by atoms with Crippen LogP contribution in [0.25, 0.3) is 0 Å². The lowest BCUT2D eigenvalue weighted by molar-refractivity contribution is -0.00110. The van der Waals surface area contributed by atoms with Crippen LogP contribution >= 0.6 is 0 Å². The summed E-state index contributed by atoms with van der Waals surface area (Å²) in [5.74, 6) is 5.15. The maximum absolute atomic E-state index is 13.7. The van der Waals surface area contributed by atoms with Crippen LogP contribution in [0, 0.1) is 17.7 Å². The summed E-state index contributed by atoms with van der Waals surface area (Å²) in [7, 11) is 1.60. The minimum Gasteiger partial charge on any atom is -0.382 e. The Hall–Kier alpha value is -1.41. The molecule has 3 nitrogen and oxygen atoms in total. The zero-order chi connectivity index (χ0) is 13.4. The lowest BCUT2D eigenvalue weighted by atomic mass is 10.1. The lowest BCUT2D eigenvalue weighted by Crippen LogP contribution is -2.14. The van der Waals surface area contributed by atoms with Crippen molar-refractivity contribution in [3.8, 4) is 11.8 Å². The Labute approximate surface area is 107 Å². The molecular weight excluding hydrogens is 233 g/mol. The highest BCUT2D eigenvalue weighted by molar-refractivity contribution is 5.37. The summed E-state index contributed by atoms with van der Waals surface area (Å²) in [6.07, 6.45) is -0.0638. The Kier molecular flexibility index (Phi) is 6.37. The average Bonchev–Trinajstić information content (AvgIpc) is 2.35. The summed E-state index contributed by atoms with van der Waals surface area (Å²) in [5.41, 5.74) is 6.38. The molecule has 0 heterocycles. The first-order chi connectivity index (χ1) is 8.67. The standard InChI is InChI=1S/C14H18FNO2/c1-11(9-17-2)18-10-13-6-5-12(4-3-7-16)8-14(13)15/h5-6,8,11H,7,9-10,16H2,1-2H3. The van der Waals surface area contributed by atoms with Crippen LogP contribution in [0.3, 0.4) is 0 Å². The van der Waals surface area contributed by atoms with E-state index in [0.717, 1.165) is 0 Å². The molecule has 2 N–H and O–H groups in total. The SMILES string of the molecule is COCC(C)OCc1ccc(C#CCN)cc1F. The van der Waals surface area contributed by atoms with Crippen LogP contribution < -0.4 is 5.73 Å². The van der Waals surface area contributed by atoms with Crippen molar-refractivity contribution in [2.45, 2.75) is 19.6 Å². The van der Waals surface area contributed by atoms with Gasteiger partial charge in [-0.3, -0.25) is 0 Å². The van der Waals surface area contributed by atoms with Gasteiger partial charge in [0.25, 0.3) is 0 Å². The largest absolute Gasteiger partial charge is 0.382 e. The Morgan fingerprint density at radius 2 is 2.22 bits per heavy atom. The summed E-state index contributed by atoms with van der Waals surface area (Å²) in [5, 5.41) is 0. The number of methoxy groups -OCH3 is 1. The maximum atomic E-state index is 13.7. The smallest absolute Gasteiger partial charge is 0.129 e. The molecule has 1 atom stereocenters. The topological polar surface area (TPSA) is 44.5 Å². The second-order valence-corrected chi connectivity index (χ2v) is 3.89. The van der Waals surface area contributed by atoms with Gasteiger partial charge in [-0.1, -0.05) is 17.9 Å². The molecule has 1 aromatic carbocycles. The van der Waals surface area contributed by atoms with E-state index in [0.29, 0.717) is 17.7 Å². The number of ether oxygens (including phenoxy) is 2. The van der Waals surface area contributed by atoms with E-state index in [-0.39, 0.29) is 25.1 Å². The minimum atomic E-state index is -0.316. The quantitative estimate of drug-likeness (QED) is 0.810. The van der Waals surface area contributed by atoms with Gasteiger partial charge in [-0.25, -0.2) is 4.39 Å². The molecule has 1 unspecified atom stereocenters. The first-order valence-corrected chi connectivity index (χ1v) is 5.75. The summed E-state index contributed by atoms with van der Waals surface area (Å²) in [4.78, 5) is 0. The Balaban J connectivity index is 2.62. The van der Waals surface area contributed by atoms with Crippen molar-refractivity contribution in [1.29, 1.82) is 0 Å². The Morgan fingerprint density at radius 1 is 1.44 bits per heavy atom. The van der Waals surface area contributed by atoms with Crippen molar-refractivity contribution in [1.82, 2.24) is 0 Å². The van der Waals surface area contributed by atoms with Gasteiger partial charge < -0.3 is 15.2 Å². The van der Waals surface area contributed by atoms with Crippen molar-refractivity contribution >= 4 is 0 Å². The Bertz CT molecular complexity index is 437. The maximum Gasteiger partial charge on any atom is 0.129 e. The number of benzene rings is 1. The summed E-state index contributed by atoms with van der Waals surface area (Å²) in [6, 6.07) is 4.82. The third-order valence-electron chi connectivity index (χ3n) is 2.31. The van der Waals surface area contributed by atoms with Crippen molar-refractivity contribution in [2.24, 2.45) is 5.73 Å². The zero-order valence-corrected chi connectivity index (χ0v) is 10.7. The van der Waals surface area contributed by atoms with E-state index >= 15 is 0 Å². The number of rotatable bonds is 5. The van der Waals surface area contributed by atoms with Gasteiger partial charge in [0.05, 0.1) is 25.9 Å². The fourth-order valence-electron chi connectivity index (χ4n) is 1.41. The number of hydrogen-bond donors (Lipinski definition) is 1. The molecule has 0 saturated heterocycles. The first kappa shape index (κ1) is 14.7. The molecule has 0 aromatic heterocycles. The van der Waals surface area contributed by atoms with Gasteiger partial charge in [-0.15, -0.1) is 0 Å². The first-order valence-electron chi connectivity index (χ1n) is 5.75. The predicted octanol–water partition coefficient (Wildman–Crippen LogP) is 1.69. The van der Waals surface area contributed by atoms with E-state index in [4.69, 9.17) is 15.2 Å². The third-order valence-corrected chi connectivity index (χ3v) is 2.31. The zero-order valence-electron chi connectivity index (χ0n) is 10.7. The van der Waals surface area contributed by atoms with Crippen LogP contribution in [0.2, 0.25) is 0 Å². The van der Waals surface area contributed by atoms with Gasteiger partial charge in [0, 0.05) is 18.2 Å². The molecule has 18 heavy (non-hydrogen) atoms. The highest BCUT2D eigenvalue weighted by Gasteiger charge is 2.06. The van der Waals surface area contributed by atoms with Crippen LogP contribution in [0.4, 0.5) is 4.39 Å². The van der Waals surface area contributed by atoms with Crippen molar-refractivity contribution in [3.63, 3.8) is 0 Å². The molecule has 1 aromatic rings. The number of nitrogens with two attached hydrogens (primary N) is 1. The molecule has 0 aliphatic heterocycles. The summed E-state index contributed by atoms with van der Waals surface area (Å²) >= 11 is 0. The molecule has 0 amide bonds. The molecular formula is C14H18FNO2. The highest BCUT2D eigenvalue weighted by atomic mass is 19.1. The summed E-state index contributed by atoms with van der Waals surface area (Å²) in [6.45, 7) is 2.85. The van der Waals surface area contributed by atoms with E-state index in [1.807, 2.05) is 6.92 Å². The molecule has 0 fully saturated rings. The fourth-order valence-corrected chi connectivity index (χ4v) is 1.41. The van der Waals surface area contributed by atoms with Gasteiger partial charge in [-0.05, 0) is 19.1 Å². The van der Waals surface area contributed by atoms with E-state index < -0.39 is 0 Å². The van der Waals surface area contributed by atoms with Gasteiger partial charge in [0.1, 0.15) is 5.82 Å². The van der Waals surface area contributed by atoms with Crippen LogP contribution in [0.5, 0.6) is 0 Å². The van der Waals surface area contributed by atoms with Gasteiger partial charge in [0.2, 0.25) is 0 Å². The predicted molar refractivity (Wildman–Crippen MR) is 68.5 cm³/mol. The van der Waals surface area contributed by atoms with E-state index in [1.54, 1.807) is 19.2 Å². The molecule has 0 saturated carbocycles. The molecule has 0 aliphatic carbocycles. The second-order valence-electron chi connectivity index (χ2n) is 3.89. The normalized spacial score (nSPS) is 11.8. The van der Waals surface area contributed by atoms with Crippen LogP contribution in [0.1, 0.15) is 18.1 Å². The van der Waals surface area contributed by atoms with E-state index in [1.165, 1.54) is 6.07 Å². The molecule has 98 valence electrons. The minimum absolute atomic E-state index is 0.0638. The molecule has 1 rings (SSSR count). The third kappa shape index (κ3) is 4.84. The monoisotopic (exact) mass is 251 g/mol. The van der Waals surface area contributed by atoms with Crippen LogP contribution in [-0.4, -0.2) is 26.4 Å². The molecule has 0 radical (unpaired) electrons. The highest BCUT2D eigenvalue weighted by Crippen LogP contribution is 2.12. The number of hydrogen-bond acceptors (Lipinski definition) is 3. The molecule has 0 bridgehead atoms. The number of halogens is 1. The molecule has 0 aliphatic rings. The van der Waals surface area contributed by atoms with Gasteiger partial charge >= 0.3 is 0 Å². The Morgan fingerprint density at radius 3 is 2.83 bits per heavy atom. The summed E-state index contributed by atoms with van der Waals surface area (Å²) < 4.78 is 24.1. The average molecular weight is 251 g/mol. The van der Waals surface area contributed by atoms with Crippen LogP contribution in [0.15, 0.2) is 18.2 Å². The van der Waals surface area contributed by atoms with E-state index in [2.05, 4.69) is 11.8 Å². The van der Waals surface area contributed by atoms with Gasteiger partial charge in [0.15, 0.2) is 0 Å². The van der Waals surface area contributed by atoms with Crippen LogP contribution in [-0.2, 0) is 16.1 Å². The lowest BCUT2D eigenvalue weighted by Gasteiger charge is -2.12. The molecule has 0 spiro atoms. The fraction of sp³-hybridized carbons (Fsp3) is 0.429.